The minimum Gasteiger partial charge on any atom is -0.293 e. The average molecular weight is 396 g/mol. The zero-order valence-corrected chi connectivity index (χ0v) is 13.2. The average Bonchev–Trinajstić information content (AvgIpc) is 2.63. The molecule has 2 aromatic rings. The van der Waals surface area contributed by atoms with Crippen molar-refractivity contribution in [1.82, 2.24) is 4.98 Å². The van der Waals surface area contributed by atoms with Gasteiger partial charge < -0.3 is 0 Å². The summed E-state index contributed by atoms with van der Waals surface area (Å²) < 4.78 is 1.81. The Labute approximate surface area is 124 Å². The number of Topliss-reactive ketones (excluding diaryl/α,β-unsaturated/α-hetero) is 1. The van der Waals surface area contributed by atoms with Gasteiger partial charge in [-0.3, -0.25) is 9.78 Å². The van der Waals surface area contributed by atoms with Gasteiger partial charge in [-0.05, 0) is 49.6 Å². The van der Waals surface area contributed by atoms with E-state index in [1.165, 1.54) is 11.3 Å². The molecule has 2 rings (SSSR count). The molecule has 2 heterocycles. The fourth-order valence-electron chi connectivity index (χ4n) is 1.29. The first-order valence-electron chi connectivity index (χ1n) is 4.64. The second-order valence-electron chi connectivity index (χ2n) is 3.30. The second-order valence-corrected chi connectivity index (χ2v) is 6.93. The van der Waals surface area contributed by atoms with Crippen molar-refractivity contribution < 1.29 is 4.79 Å². The first-order valence-corrected chi connectivity index (χ1v) is 7.42. The van der Waals surface area contributed by atoms with Crippen molar-refractivity contribution in [3.8, 4) is 0 Å². The van der Waals surface area contributed by atoms with Gasteiger partial charge in [0.2, 0.25) is 0 Å². The molecule has 0 atom stereocenters. The summed E-state index contributed by atoms with van der Waals surface area (Å²) in [5, 5.41) is 0.524. The maximum atomic E-state index is 12.0. The summed E-state index contributed by atoms with van der Waals surface area (Å²) in [6.07, 6.45) is 3.47. The van der Waals surface area contributed by atoms with Crippen LogP contribution in [0.15, 0.2) is 32.8 Å². The third kappa shape index (κ3) is 3.16. The molecular formula is C11H6Br2ClNOS. The monoisotopic (exact) mass is 393 g/mol. The molecule has 17 heavy (non-hydrogen) atoms. The lowest BCUT2D eigenvalue weighted by Crippen LogP contribution is -2.01. The Balaban J connectivity index is 2.20. The van der Waals surface area contributed by atoms with Gasteiger partial charge >= 0.3 is 0 Å². The Morgan fingerprint density at radius 2 is 2.24 bits per heavy atom. The number of thiophene rings is 1. The van der Waals surface area contributed by atoms with E-state index in [9.17, 15) is 4.79 Å². The number of carbonyl (C=O) groups is 1. The van der Waals surface area contributed by atoms with Crippen LogP contribution in [-0.4, -0.2) is 10.8 Å². The summed E-state index contributed by atoms with van der Waals surface area (Å²) in [6.45, 7) is 0. The lowest BCUT2D eigenvalue weighted by molar-refractivity contribution is 0.0997. The quantitative estimate of drug-likeness (QED) is 0.702. The van der Waals surface area contributed by atoms with Gasteiger partial charge in [-0.25, -0.2) is 0 Å². The van der Waals surface area contributed by atoms with Crippen LogP contribution in [0.5, 0.6) is 0 Å². The minimum atomic E-state index is 0.0505. The van der Waals surface area contributed by atoms with Crippen LogP contribution in [0.25, 0.3) is 0 Å². The molecule has 88 valence electrons. The van der Waals surface area contributed by atoms with Gasteiger partial charge in [0.1, 0.15) is 0 Å². The SMILES string of the molecule is O=C(Cc1ccncc1Cl)c1cc(Br)c(Br)s1. The molecule has 0 aliphatic heterocycles. The third-order valence-electron chi connectivity index (χ3n) is 2.13. The van der Waals surface area contributed by atoms with E-state index in [-0.39, 0.29) is 5.78 Å². The maximum absolute atomic E-state index is 12.0. The standard InChI is InChI=1S/C11H6Br2ClNOS/c12-7-4-10(17-11(7)13)9(16)3-6-1-2-15-5-8(6)14/h1-2,4-5H,3H2. The van der Waals surface area contributed by atoms with E-state index in [2.05, 4.69) is 36.8 Å². The summed E-state index contributed by atoms with van der Waals surface area (Å²) in [4.78, 5) is 16.6. The van der Waals surface area contributed by atoms with E-state index in [0.717, 1.165) is 13.8 Å². The number of hydrogen-bond acceptors (Lipinski definition) is 3. The van der Waals surface area contributed by atoms with E-state index >= 15 is 0 Å². The van der Waals surface area contributed by atoms with Crippen molar-refractivity contribution in [3.05, 3.63) is 48.2 Å². The highest BCUT2D eigenvalue weighted by Crippen LogP contribution is 2.33. The Morgan fingerprint density at radius 3 is 2.82 bits per heavy atom. The molecule has 2 nitrogen and oxygen atoms in total. The molecule has 0 amide bonds. The smallest absolute Gasteiger partial charge is 0.177 e. The van der Waals surface area contributed by atoms with Crippen molar-refractivity contribution in [2.24, 2.45) is 0 Å². The van der Waals surface area contributed by atoms with Crippen LogP contribution < -0.4 is 0 Å². The largest absolute Gasteiger partial charge is 0.293 e. The predicted octanol–water partition coefficient (Wildman–Crippen LogP) is 4.75. The number of nitrogens with zero attached hydrogens (tertiary/aromatic N) is 1. The van der Waals surface area contributed by atoms with Crippen molar-refractivity contribution in [2.75, 3.05) is 0 Å². The highest BCUT2D eigenvalue weighted by atomic mass is 79.9. The van der Waals surface area contributed by atoms with Crippen LogP contribution in [-0.2, 0) is 6.42 Å². The van der Waals surface area contributed by atoms with Gasteiger partial charge in [-0.15, -0.1) is 11.3 Å². The molecule has 0 saturated carbocycles. The molecule has 0 spiro atoms. The fourth-order valence-corrected chi connectivity index (χ4v) is 3.45. The van der Waals surface area contributed by atoms with Crippen LogP contribution in [0.4, 0.5) is 0 Å². The zero-order valence-electron chi connectivity index (χ0n) is 8.41. The number of ketones is 1. The Morgan fingerprint density at radius 1 is 1.47 bits per heavy atom. The Bertz CT molecular complexity index is 551. The van der Waals surface area contributed by atoms with E-state index in [0.29, 0.717) is 16.3 Å². The van der Waals surface area contributed by atoms with Crippen molar-refractivity contribution in [2.45, 2.75) is 6.42 Å². The third-order valence-corrected chi connectivity index (χ3v) is 5.77. The molecular weight excluding hydrogens is 389 g/mol. The van der Waals surface area contributed by atoms with Gasteiger partial charge in [0.15, 0.2) is 5.78 Å². The van der Waals surface area contributed by atoms with Gasteiger partial charge in [-0.2, -0.15) is 0 Å². The van der Waals surface area contributed by atoms with Crippen molar-refractivity contribution in [3.63, 3.8) is 0 Å². The number of hydrogen-bond donors (Lipinski definition) is 0. The van der Waals surface area contributed by atoms with Gasteiger partial charge in [-0.1, -0.05) is 11.6 Å². The van der Waals surface area contributed by atoms with Crippen molar-refractivity contribution in [1.29, 1.82) is 0 Å². The summed E-state index contributed by atoms with van der Waals surface area (Å²) in [5.41, 5.74) is 0.798. The molecule has 0 aromatic carbocycles. The Hall–Kier alpha value is -0.230. The van der Waals surface area contributed by atoms with Crippen LogP contribution in [0.3, 0.4) is 0 Å². The van der Waals surface area contributed by atoms with E-state index in [1.54, 1.807) is 18.5 Å². The number of rotatable bonds is 3. The van der Waals surface area contributed by atoms with Gasteiger partial charge in [0.05, 0.1) is 13.7 Å². The number of carbonyl (C=O) groups excluding carboxylic acids is 1. The number of halogens is 3. The van der Waals surface area contributed by atoms with Crippen LogP contribution in [0.1, 0.15) is 15.2 Å². The molecule has 0 fully saturated rings. The van der Waals surface area contributed by atoms with Crippen molar-refractivity contribution >= 4 is 60.6 Å². The molecule has 0 unspecified atom stereocenters. The van der Waals surface area contributed by atoms with Gasteiger partial charge in [0, 0.05) is 23.3 Å². The van der Waals surface area contributed by atoms with E-state index in [1.807, 2.05) is 6.07 Å². The summed E-state index contributed by atoms with van der Waals surface area (Å²) in [7, 11) is 0. The second kappa shape index (κ2) is 5.61. The lowest BCUT2D eigenvalue weighted by atomic mass is 10.1. The molecule has 2 aromatic heterocycles. The summed E-state index contributed by atoms with van der Waals surface area (Å²) >= 11 is 14.1. The van der Waals surface area contributed by atoms with E-state index < -0.39 is 0 Å². The highest BCUT2D eigenvalue weighted by molar-refractivity contribution is 9.13. The first-order chi connectivity index (χ1) is 8.08. The van der Waals surface area contributed by atoms with Crippen LogP contribution >= 0.6 is 54.8 Å². The molecule has 0 saturated heterocycles. The summed E-state index contributed by atoms with van der Waals surface area (Å²) in [5.74, 6) is 0.0505. The highest BCUT2D eigenvalue weighted by Gasteiger charge is 2.14. The van der Waals surface area contributed by atoms with Crippen LogP contribution in [0, 0.1) is 0 Å². The van der Waals surface area contributed by atoms with Gasteiger partial charge in [0.25, 0.3) is 0 Å². The first kappa shape index (κ1) is 13.2. The van der Waals surface area contributed by atoms with E-state index in [4.69, 9.17) is 11.6 Å². The maximum Gasteiger partial charge on any atom is 0.177 e. The number of aromatic nitrogens is 1. The molecule has 0 bridgehead atoms. The molecule has 0 aliphatic carbocycles. The molecule has 0 aliphatic rings. The normalized spacial score (nSPS) is 10.5. The van der Waals surface area contributed by atoms with Crippen LogP contribution in [0.2, 0.25) is 5.02 Å². The number of pyridine rings is 1. The molecule has 0 radical (unpaired) electrons. The minimum absolute atomic E-state index is 0.0505. The Kier molecular flexibility index (Phi) is 4.36. The zero-order chi connectivity index (χ0) is 12.4. The fraction of sp³-hybridized carbons (Fsp3) is 0.0909. The lowest BCUT2D eigenvalue weighted by Gasteiger charge is -2.00. The topological polar surface area (TPSA) is 30.0 Å². The molecule has 6 heteroatoms. The predicted molar refractivity (Wildman–Crippen MR) is 77.0 cm³/mol. The molecule has 0 N–H and O–H groups in total. The summed E-state index contributed by atoms with van der Waals surface area (Å²) in [6, 6.07) is 3.57.